The normalized spacial score (nSPS) is 11.9. The largest absolute Gasteiger partial charge is 0.466 e. The third-order valence-corrected chi connectivity index (χ3v) is 5.94. The van der Waals surface area contributed by atoms with Crippen LogP contribution < -0.4 is 0 Å². The van der Waals surface area contributed by atoms with Gasteiger partial charge in [-0.25, -0.2) is 4.98 Å². The van der Waals surface area contributed by atoms with Crippen LogP contribution in [0, 0.1) is 0 Å². The number of nitrogens with zero attached hydrogens (tertiary/aromatic N) is 1. The van der Waals surface area contributed by atoms with Crippen molar-refractivity contribution in [2.24, 2.45) is 0 Å². The average molecular weight is 553 g/mol. The molecule has 0 spiro atoms. The van der Waals surface area contributed by atoms with Gasteiger partial charge in [0.25, 0.3) is 0 Å². The van der Waals surface area contributed by atoms with Gasteiger partial charge in [0.05, 0.1) is 31.9 Å². The van der Waals surface area contributed by atoms with Gasteiger partial charge in [0.15, 0.2) is 0 Å². The topological polar surface area (TPSA) is 68.7 Å². The van der Waals surface area contributed by atoms with E-state index in [-0.39, 0.29) is 12.4 Å². The molecule has 33 heavy (non-hydrogen) atoms. The second-order valence-electron chi connectivity index (χ2n) is 7.33. The summed E-state index contributed by atoms with van der Waals surface area (Å²) in [6.07, 6.45) is -0.205. The van der Waals surface area contributed by atoms with Gasteiger partial charge >= 0.3 is 5.97 Å². The number of ether oxygens (including phenoxy) is 2. The molecule has 8 heteroatoms. The van der Waals surface area contributed by atoms with E-state index in [2.05, 4.69) is 20.9 Å². The van der Waals surface area contributed by atoms with Crippen LogP contribution in [0.1, 0.15) is 41.0 Å². The molecule has 1 N–H and O–H groups in total. The Bertz CT molecular complexity index is 1110. The number of pyridine rings is 1. The second kappa shape index (κ2) is 12.5. The minimum atomic E-state index is -0.933. The van der Waals surface area contributed by atoms with Crippen LogP contribution >= 0.6 is 39.1 Å². The van der Waals surface area contributed by atoms with E-state index >= 15 is 0 Å². The van der Waals surface area contributed by atoms with Crippen LogP contribution in [-0.2, 0) is 33.7 Å². The lowest BCUT2D eigenvalue weighted by molar-refractivity contribution is -0.142. The molecule has 0 aliphatic rings. The van der Waals surface area contributed by atoms with Crippen molar-refractivity contribution >= 4 is 45.1 Å². The summed E-state index contributed by atoms with van der Waals surface area (Å²) in [7, 11) is 0. The third kappa shape index (κ3) is 7.52. The average Bonchev–Trinajstić information content (AvgIpc) is 2.78. The standard InChI is InChI=1S/C25H24BrCl2NO4/c1-2-33-24(30)14-16-6-7-19(26)12-18(16)15-32-11-10-17-13-20(27)8-9-21(17)25(31)22-4-3-5-23(28)29-22/h3-9,12-13,25,31H,2,10-11,14-15H2,1H3. The van der Waals surface area contributed by atoms with Gasteiger partial charge in [0, 0.05) is 9.50 Å². The monoisotopic (exact) mass is 551 g/mol. The molecule has 1 aromatic heterocycles. The highest BCUT2D eigenvalue weighted by Gasteiger charge is 2.17. The van der Waals surface area contributed by atoms with Gasteiger partial charge in [0.1, 0.15) is 11.3 Å². The molecule has 174 valence electrons. The number of aliphatic hydroxyl groups excluding tert-OH is 1. The summed E-state index contributed by atoms with van der Waals surface area (Å²) >= 11 is 15.7. The first kappa shape index (κ1) is 25.7. The Labute approximate surface area is 211 Å². The Morgan fingerprint density at radius 3 is 2.67 bits per heavy atom. The van der Waals surface area contributed by atoms with E-state index in [0.717, 1.165) is 21.2 Å². The van der Waals surface area contributed by atoms with Crippen molar-refractivity contribution in [2.75, 3.05) is 13.2 Å². The molecule has 0 aliphatic carbocycles. The molecule has 0 radical (unpaired) electrons. The van der Waals surface area contributed by atoms with Crippen molar-refractivity contribution in [3.8, 4) is 0 Å². The van der Waals surface area contributed by atoms with E-state index in [1.807, 2.05) is 24.3 Å². The van der Waals surface area contributed by atoms with E-state index < -0.39 is 6.10 Å². The molecular weight excluding hydrogens is 529 g/mol. The Morgan fingerprint density at radius 2 is 1.91 bits per heavy atom. The molecule has 0 saturated heterocycles. The van der Waals surface area contributed by atoms with E-state index in [1.54, 1.807) is 37.3 Å². The number of hydrogen-bond donors (Lipinski definition) is 1. The lowest BCUT2D eigenvalue weighted by atomic mass is 9.98. The lowest BCUT2D eigenvalue weighted by Gasteiger charge is -2.16. The van der Waals surface area contributed by atoms with Crippen LogP contribution in [0.4, 0.5) is 0 Å². The highest BCUT2D eigenvalue weighted by atomic mass is 79.9. The molecule has 1 unspecified atom stereocenters. The predicted octanol–water partition coefficient (Wildman–Crippen LogP) is 6.10. The summed E-state index contributed by atoms with van der Waals surface area (Å²) in [5.41, 5.74) is 3.79. The van der Waals surface area contributed by atoms with Gasteiger partial charge < -0.3 is 14.6 Å². The number of carbonyl (C=O) groups is 1. The van der Waals surface area contributed by atoms with Crippen LogP contribution in [0.15, 0.2) is 59.1 Å². The van der Waals surface area contributed by atoms with Crippen molar-refractivity contribution in [3.63, 3.8) is 0 Å². The van der Waals surface area contributed by atoms with Gasteiger partial charge in [-0.05, 0) is 72.0 Å². The fourth-order valence-corrected chi connectivity index (χ4v) is 4.20. The number of benzene rings is 2. The molecule has 1 atom stereocenters. The van der Waals surface area contributed by atoms with E-state index in [4.69, 9.17) is 32.7 Å². The number of rotatable bonds is 10. The summed E-state index contributed by atoms with van der Waals surface area (Å²) in [6, 6.07) is 16.2. The number of esters is 1. The van der Waals surface area contributed by atoms with E-state index in [0.29, 0.717) is 47.7 Å². The zero-order chi connectivity index (χ0) is 23.8. The number of hydrogen-bond acceptors (Lipinski definition) is 5. The summed E-state index contributed by atoms with van der Waals surface area (Å²) in [5, 5.41) is 11.8. The minimum Gasteiger partial charge on any atom is -0.466 e. The van der Waals surface area contributed by atoms with Gasteiger partial charge in [-0.15, -0.1) is 0 Å². The SMILES string of the molecule is CCOC(=O)Cc1ccc(Br)cc1COCCc1cc(Cl)ccc1C(O)c1cccc(Cl)n1. The summed E-state index contributed by atoms with van der Waals surface area (Å²) in [6.45, 7) is 2.86. The van der Waals surface area contributed by atoms with Crippen molar-refractivity contribution in [3.05, 3.63) is 97.2 Å². The quantitative estimate of drug-likeness (QED) is 0.187. The van der Waals surface area contributed by atoms with Gasteiger partial charge in [-0.2, -0.15) is 0 Å². The highest BCUT2D eigenvalue weighted by Crippen LogP contribution is 2.28. The van der Waals surface area contributed by atoms with Crippen LogP contribution in [0.2, 0.25) is 10.2 Å². The summed E-state index contributed by atoms with van der Waals surface area (Å²) < 4.78 is 11.9. The highest BCUT2D eigenvalue weighted by molar-refractivity contribution is 9.10. The maximum Gasteiger partial charge on any atom is 0.310 e. The number of carbonyl (C=O) groups excluding carboxylic acids is 1. The van der Waals surface area contributed by atoms with E-state index in [1.165, 1.54) is 0 Å². The number of halogens is 3. The fourth-order valence-electron chi connectivity index (χ4n) is 3.43. The van der Waals surface area contributed by atoms with Crippen LogP contribution in [0.25, 0.3) is 0 Å². The van der Waals surface area contributed by atoms with Gasteiger partial charge in [-0.1, -0.05) is 57.3 Å². The van der Waals surface area contributed by atoms with Crippen molar-refractivity contribution in [1.82, 2.24) is 4.98 Å². The molecule has 3 rings (SSSR count). The van der Waals surface area contributed by atoms with Crippen molar-refractivity contribution < 1.29 is 19.4 Å². The smallest absolute Gasteiger partial charge is 0.310 e. The van der Waals surface area contributed by atoms with Gasteiger partial charge in [-0.3, -0.25) is 4.79 Å². The first-order valence-electron chi connectivity index (χ1n) is 10.5. The zero-order valence-electron chi connectivity index (χ0n) is 18.1. The third-order valence-electron chi connectivity index (χ3n) is 5.00. The predicted molar refractivity (Wildman–Crippen MR) is 133 cm³/mol. The maximum absolute atomic E-state index is 11.9. The Kier molecular flexibility index (Phi) is 9.71. The van der Waals surface area contributed by atoms with Gasteiger partial charge in [0.2, 0.25) is 0 Å². The molecule has 0 amide bonds. The minimum absolute atomic E-state index is 0.192. The van der Waals surface area contributed by atoms with Crippen molar-refractivity contribution in [2.45, 2.75) is 32.5 Å². The molecule has 5 nitrogen and oxygen atoms in total. The summed E-state index contributed by atoms with van der Waals surface area (Å²) in [5.74, 6) is -0.270. The molecule has 0 bridgehead atoms. The molecular formula is C25H24BrCl2NO4. The van der Waals surface area contributed by atoms with Crippen LogP contribution in [0.3, 0.4) is 0 Å². The van der Waals surface area contributed by atoms with Crippen LogP contribution in [0.5, 0.6) is 0 Å². The first-order valence-corrected chi connectivity index (χ1v) is 12.0. The molecule has 0 aliphatic heterocycles. The zero-order valence-corrected chi connectivity index (χ0v) is 21.2. The Hall–Kier alpha value is -1.96. The van der Waals surface area contributed by atoms with Crippen LogP contribution in [-0.4, -0.2) is 29.3 Å². The molecule has 0 fully saturated rings. The first-order chi connectivity index (χ1) is 15.9. The van der Waals surface area contributed by atoms with Crippen molar-refractivity contribution in [1.29, 1.82) is 0 Å². The number of aliphatic hydroxyl groups is 1. The lowest BCUT2D eigenvalue weighted by Crippen LogP contribution is -2.11. The summed E-state index contributed by atoms with van der Waals surface area (Å²) in [4.78, 5) is 16.1. The number of aromatic nitrogens is 1. The molecule has 0 saturated carbocycles. The van der Waals surface area contributed by atoms with E-state index in [9.17, 15) is 9.90 Å². The fraction of sp³-hybridized carbons (Fsp3) is 0.280. The maximum atomic E-state index is 11.9. The second-order valence-corrected chi connectivity index (χ2v) is 9.07. The Morgan fingerprint density at radius 1 is 1.09 bits per heavy atom. The molecule has 1 heterocycles. The Balaban J connectivity index is 1.67. The molecule has 2 aromatic carbocycles. The molecule has 3 aromatic rings.